The van der Waals surface area contributed by atoms with E-state index in [4.69, 9.17) is 5.11 Å². The van der Waals surface area contributed by atoms with Gasteiger partial charge in [0.1, 0.15) is 10.3 Å². The molecule has 0 unspecified atom stereocenters. The second kappa shape index (κ2) is 4.55. The summed E-state index contributed by atoms with van der Waals surface area (Å²) in [6, 6.07) is 0. The van der Waals surface area contributed by atoms with E-state index in [-0.39, 0.29) is 16.6 Å². The first kappa shape index (κ1) is 11.9. The molecular weight excluding hydrogens is 260 g/mol. The average Bonchev–Trinajstić information content (AvgIpc) is 2.20. The lowest BCUT2D eigenvalue weighted by molar-refractivity contribution is 0.275. The van der Waals surface area contributed by atoms with Gasteiger partial charge in [0.15, 0.2) is 0 Å². The van der Waals surface area contributed by atoms with E-state index in [1.165, 1.54) is 10.6 Å². The zero-order valence-corrected chi connectivity index (χ0v) is 9.91. The number of halogens is 1. The molecule has 1 N–H and O–H groups in total. The van der Waals surface area contributed by atoms with Crippen molar-refractivity contribution >= 4 is 27.7 Å². The summed E-state index contributed by atoms with van der Waals surface area (Å²) in [6.45, 7) is 8.64. The van der Waals surface area contributed by atoms with Crippen molar-refractivity contribution in [2.75, 3.05) is 0 Å². The molecule has 0 atom stereocenters. The summed E-state index contributed by atoms with van der Waals surface area (Å²) in [6.07, 6.45) is 1.45. The highest BCUT2D eigenvalue weighted by Gasteiger charge is 2.12. The lowest BCUT2D eigenvalue weighted by Gasteiger charge is -2.11. The Balaban J connectivity index is 3.67. The highest BCUT2D eigenvalue weighted by atomic mass is 79.9. The molecule has 0 aromatic carbocycles. The zero-order chi connectivity index (χ0) is 11.6. The number of aliphatic hydroxyl groups is 1. The van der Waals surface area contributed by atoms with Crippen LogP contribution in [0.25, 0.3) is 11.8 Å². The number of nitrogens with zero attached hydrogens (tertiary/aromatic N) is 2. The first-order valence-electron chi connectivity index (χ1n) is 4.23. The van der Waals surface area contributed by atoms with E-state index in [9.17, 15) is 4.79 Å². The number of hydrogen-bond acceptors (Lipinski definition) is 3. The minimum atomic E-state index is -0.298. The van der Waals surface area contributed by atoms with Gasteiger partial charge >= 0.3 is 0 Å². The monoisotopic (exact) mass is 270 g/mol. The summed E-state index contributed by atoms with van der Waals surface area (Å²) in [5, 5.41) is 8.99. The quantitative estimate of drug-likeness (QED) is 0.909. The predicted molar refractivity (Wildman–Crippen MR) is 63.2 cm³/mol. The Hall–Kier alpha value is -1.20. The molecule has 0 radical (unpaired) electrons. The topological polar surface area (TPSA) is 55.1 Å². The van der Waals surface area contributed by atoms with Gasteiger partial charge in [-0.2, -0.15) is 0 Å². The predicted octanol–water partition coefficient (Wildman–Crippen LogP) is 1.63. The number of aromatic nitrogens is 2. The molecule has 0 bridgehead atoms. The van der Waals surface area contributed by atoms with Gasteiger partial charge in [-0.1, -0.05) is 13.2 Å². The molecule has 0 aliphatic rings. The standard InChI is InChI=1S/C10H11BrN2O2/c1-4-8-12-7(5-14)9(11)10(15)13(8)6(2)3/h4,14H,1-2,5H2,3H3. The van der Waals surface area contributed by atoms with Gasteiger partial charge in [-0.25, -0.2) is 4.98 Å². The number of allylic oxidation sites excluding steroid dienone is 1. The van der Waals surface area contributed by atoms with Gasteiger partial charge < -0.3 is 5.11 Å². The van der Waals surface area contributed by atoms with Gasteiger partial charge in [0.05, 0.1) is 12.3 Å². The highest BCUT2D eigenvalue weighted by Crippen LogP contribution is 2.13. The molecule has 15 heavy (non-hydrogen) atoms. The average molecular weight is 271 g/mol. The van der Waals surface area contributed by atoms with Crippen LogP contribution in [0.2, 0.25) is 0 Å². The summed E-state index contributed by atoms with van der Waals surface area (Å²) in [7, 11) is 0. The third kappa shape index (κ3) is 2.08. The summed E-state index contributed by atoms with van der Waals surface area (Å²) >= 11 is 3.09. The lowest BCUT2D eigenvalue weighted by Crippen LogP contribution is -2.24. The van der Waals surface area contributed by atoms with Crippen LogP contribution in [0.15, 0.2) is 22.4 Å². The Morgan fingerprint density at radius 2 is 2.33 bits per heavy atom. The molecule has 5 heteroatoms. The minimum absolute atomic E-state index is 0.249. The molecule has 4 nitrogen and oxygen atoms in total. The molecule has 0 aliphatic carbocycles. The molecule has 0 saturated carbocycles. The fraction of sp³-hybridized carbons (Fsp3) is 0.200. The summed E-state index contributed by atoms with van der Waals surface area (Å²) < 4.78 is 1.58. The maximum Gasteiger partial charge on any atom is 0.272 e. The van der Waals surface area contributed by atoms with Gasteiger partial charge in [-0.15, -0.1) is 0 Å². The molecule has 1 aromatic rings. The first-order valence-corrected chi connectivity index (χ1v) is 5.02. The Morgan fingerprint density at radius 3 is 2.73 bits per heavy atom. The van der Waals surface area contributed by atoms with Crippen molar-refractivity contribution in [1.82, 2.24) is 9.55 Å². The van der Waals surface area contributed by atoms with E-state index in [1.807, 2.05) is 0 Å². The summed E-state index contributed by atoms with van der Waals surface area (Å²) in [5.74, 6) is 0.375. The van der Waals surface area contributed by atoms with E-state index in [0.717, 1.165) is 0 Å². The second-order valence-corrected chi connectivity index (χ2v) is 3.76. The van der Waals surface area contributed by atoms with Gasteiger partial charge in [0.2, 0.25) is 0 Å². The number of hydrogen-bond donors (Lipinski definition) is 1. The largest absolute Gasteiger partial charge is 0.390 e. The van der Waals surface area contributed by atoms with Crippen LogP contribution >= 0.6 is 15.9 Å². The van der Waals surface area contributed by atoms with Crippen LogP contribution in [0.1, 0.15) is 18.4 Å². The van der Waals surface area contributed by atoms with E-state index in [0.29, 0.717) is 17.2 Å². The van der Waals surface area contributed by atoms with Crippen molar-refractivity contribution < 1.29 is 5.11 Å². The molecule has 80 valence electrons. The van der Waals surface area contributed by atoms with E-state index < -0.39 is 0 Å². The van der Waals surface area contributed by atoms with Crippen molar-refractivity contribution in [2.45, 2.75) is 13.5 Å². The normalized spacial score (nSPS) is 10.1. The fourth-order valence-corrected chi connectivity index (χ4v) is 1.56. The van der Waals surface area contributed by atoms with Crippen LogP contribution in [0.5, 0.6) is 0 Å². The van der Waals surface area contributed by atoms with Gasteiger partial charge in [-0.3, -0.25) is 9.36 Å². The molecule has 0 spiro atoms. The van der Waals surface area contributed by atoms with Crippen LogP contribution in [-0.2, 0) is 6.61 Å². The molecule has 0 fully saturated rings. The minimum Gasteiger partial charge on any atom is -0.390 e. The zero-order valence-electron chi connectivity index (χ0n) is 8.33. The molecule has 1 rings (SSSR count). The Morgan fingerprint density at radius 1 is 1.73 bits per heavy atom. The van der Waals surface area contributed by atoms with E-state index >= 15 is 0 Å². The Labute approximate surface area is 95.7 Å². The van der Waals surface area contributed by atoms with Crippen LogP contribution in [0.4, 0.5) is 0 Å². The van der Waals surface area contributed by atoms with Crippen LogP contribution in [0, 0.1) is 0 Å². The molecule has 1 heterocycles. The van der Waals surface area contributed by atoms with Crippen molar-refractivity contribution in [3.63, 3.8) is 0 Å². The van der Waals surface area contributed by atoms with Crippen molar-refractivity contribution in [3.8, 4) is 0 Å². The first-order chi connectivity index (χ1) is 7.02. The van der Waals surface area contributed by atoms with E-state index in [2.05, 4.69) is 34.1 Å². The lowest BCUT2D eigenvalue weighted by atomic mass is 10.3. The maximum atomic E-state index is 11.8. The Bertz CT molecular complexity index is 477. The van der Waals surface area contributed by atoms with Crippen molar-refractivity contribution in [1.29, 1.82) is 0 Å². The van der Waals surface area contributed by atoms with Crippen LogP contribution in [-0.4, -0.2) is 14.7 Å². The van der Waals surface area contributed by atoms with Gasteiger partial charge in [0, 0.05) is 5.70 Å². The SMILES string of the molecule is C=Cc1nc(CO)c(Br)c(=O)n1C(=C)C. The maximum absolute atomic E-state index is 11.8. The molecule has 0 saturated heterocycles. The van der Waals surface area contributed by atoms with Crippen LogP contribution < -0.4 is 5.56 Å². The third-order valence-corrected chi connectivity index (χ3v) is 2.63. The number of rotatable bonds is 3. The van der Waals surface area contributed by atoms with Gasteiger partial charge in [-0.05, 0) is 28.9 Å². The molecule has 1 aromatic heterocycles. The third-order valence-electron chi connectivity index (χ3n) is 1.84. The van der Waals surface area contributed by atoms with Crippen molar-refractivity contribution in [3.05, 3.63) is 39.5 Å². The fourth-order valence-electron chi connectivity index (χ4n) is 1.17. The molecule has 0 amide bonds. The molecular formula is C10H11BrN2O2. The van der Waals surface area contributed by atoms with Crippen molar-refractivity contribution in [2.24, 2.45) is 0 Å². The van der Waals surface area contributed by atoms with Crippen LogP contribution in [0.3, 0.4) is 0 Å². The highest BCUT2D eigenvalue weighted by molar-refractivity contribution is 9.10. The van der Waals surface area contributed by atoms with Gasteiger partial charge in [0.25, 0.3) is 5.56 Å². The summed E-state index contributed by atoms with van der Waals surface area (Å²) in [5.41, 5.74) is 0.552. The number of aliphatic hydroxyl groups excluding tert-OH is 1. The summed E-state index contributed by atoms with van der Waals surface area (Å²) in [4.78, 5) is 15.9. The molecule has 0 aliphatic heterocycles. The Kier molecular flexibility index (Phi) is 3.60. The van der Waals surface area contributed by atoms with E-state index in [1.54, 1.807) is 6.92 Å². The smallest absolute Gasteiger partial charge is 0.272 e. The second-order valence-electron chi connectivity index (χ2n) is 2.97.